The zero-order valence-corrected chi connectivity index (χ0v) is 11.6. The molecule has 1 amide bonds. The van der Waals surface area contributed by atoms with Gasteiger partial charge in [0.2, 0.25) is 13.2 Å². The van der Waals surface area contributed by atoms with Crippen LogP contribution < -0.4 is 14.4 Å². The van der Waals surface area contributed by atoms with Gasteiger partial charge in [-0.3, -0.25) is 4.79 Å². The summed E-state index contributed by atoms with van der Waals surface area (Å²) in [6.45, 7) is 0.513. The van der Waals surface area contributed by atoms with Crippen LogP contribution in [0.1, 0.15) is 15.9 Å². The minimum atomic E-state index is -0.977. The van der Waals surface area contributed by atoms with Crippen LogP contribution in [0.4, 0.5) is 5.69 Å². The Balaban J connectivity index is 1.79. The summed E-state index contributed by atoms with van der Waals surface area (Å²) in [6, 6.07) is 11.7. The number of nitrogens with zero attached hydrogens (tertiary/aromatic N) is 1. The maximum absolute atomic E-state index is 11.3. The molecule has 1 aliphatic rings. The van der Waals surface area contributed by atoms with Crippen molar-refractivity contribution in [2.75, 3.05) is 11.7 Å². The molecule has 0 radical (unpaired) electrons. The molecule has 22 heavy (non-hydrogen) atoms. The van der Waals surface area contributed by atoms with Gasteiger partial charge < -0.3 is 19.5 Å². The summed E-state index contributed by atoms with van der Waals surface area (Å²) in [5.74, 6) is 0.278. The molecule has 2 aromatic carbocycles. The van der Waals surface area contributed by atoms with E-state index in [0.29, 0.717) is 23.7 Å². The lowest BCUT2D eigenvalue weighted by Gasteiger charge is -2.18. The second-order valence-corrected chi connectivity index (χ2v) is 4.77. The van der Waals surface area contributed by atoms with Crippen molar-refractivity contribution in [3.05, 3.63) is 53.6 Å². The first-order valence-electron chi connectivity index (χ1n) is 6.61. The highest BCUT2D eigenvalue weighted by molar-refractivity contribution is 5.87. The predicted octanol–water partition coefficient (Wildman–Crippen LogP) is 2.28. The number of amides is 1. The second kappa shape index (κ2) is 5.77. The fourth-order valence-electron chi connectivity index (χ4n) is 2.20. The normalized spacial score (nSPS) is 12.0. The molecule has 1 aliphatic heterocycles. The quantitative estimate of drug-likeness (QED) is 0.857. The van der Waals surface area contributed by atoms with E-state index in [-0.39, 0.29) is 12.4 Å². The molecule has 0 saturated heterocycles. The van der Waals surface area contributed by atoms with Gasteiger partial charge in [-0.2, -0.15) is 0 Å². The first kappa shape index (κ1) is 13.9. The van der Waals surface area contributed by atoms with Gasteiger partial charge >= 0.3 is 5.97 Å². The highest BCUT2D eigenvalue weighted by Crippen LogP contribution is 2.35. The van der Waals surface area contributed by atoms with Crippen LogP contribution in [0.3, 0.4) is 0 Å². The third-order valence-electron chi connectivity index (χ3n) is 3.37. The maximum Gasteiger partial charge on any atom is 0.335 e. The van der Waals surface area contributed by atoms with Gasteiger partial charge in [0.05, 0.1) is 12.1 Å². The number of anilines is 1. The Bertz CT molecular complexity index is 711. The van der Waals surface area contributed by atoms with Crippen LogP contribution in [0, 0.1) is 0 Å². The van der Waals surface area contributed by atoms with E-state index in [9.17, 15) is 9.59 Å². The van der Waals surface area contributed by atoms with Crippen LogP contribution in [0.15, 0.2) is 42.5 Å². The Morgan fingerprint density at radius 1 is 1.14 bits per heavy atom. The average molecular weight is 299 g/mol. The summed E-state index contributed by atoms with van der Waals surface area (Å²) in [5, 5.41) is 8.88. The Hall–Kier alpha value is -3.02. The molecule has 0 aromatic heterocycles. The third-order valence-corrected chi connectivity index (χ3v) is 3.37. The molecule has 0 spiro atoms. The summed E-state index contributed by atoms with van der Waals surface area (Å²) in [4.78, 5) is 23.7. The van der Waals surface area contributed by atoms with E-state index in [2.05, 4.69) is 0 Å². The van der Waals surface area contributed by atoms with Gasteiger partial charge in [-0.15, -0.1) is 0 Å². The van der Waals surface area contributed by atoms with E-state index in [1.54, 1.807) is 30.3 Å². The number of fused-ring (bicyclic) bond motifs is 1. The summed E-state index contributed by atoms with van der Waals surface area (Å²) in [7, 11) is 0. The second-order valence-electron chi connectivity index (χ2n) is 4.77. The number of carbonyl (C=O) groups excluding carboxylic acids is 1. The van der Waals surface area contributed by atoms with Gasteiger partial charge in [-0.05, 0) is 29.8 Å². The van der Waals surface area contributed by atoms with E-state index in [1.165, 1.54) is 17.0 Å². The number of carboxylic acid groups (broad SMARTS) is 1. The fourth-order valence-corrected chi connectivity index (χ4v) is 2.20. The average Bonchev–Trinajstić information content (AvgIpc) is 3.00. The summed E-state index contributed by atoms with van der Waals surface area (Å²) in [6.07, 6.45) is 0.725. The monoisotopic (exact) mass is 299 g/mol. The summed E-state index contributed by atoms with van der Waals surface area (Å²) < 4.78 is 10.5. The smallest absolute Gasteiger partial charge is 0.335 e. The highest BCUT2D eigenvalue weighted by atomic mass is 16.7. The molecule has 0 bridgehead atoms. The number of hydrogen-bond donors (Lipinski definition) is 1. The Labute approximate surface area is 126 Å². The molecule has 0 unspecified atom stereocenters. The van der Waals surface area contributed by atoms with Crippen molar-refractivity contribution < 1.29 is 24.2 Å². The van der Waals surface area contributed by atoms with Crippen molar-refractivity contribution >= 4 is 18.1 Å². The van der Waals surface area contributed by atoms with Crippen LogP contribution in [0.25, 0.3) is 0 Å². The van der Waals surface area contributed by atoms with Crippen molar-refractivity contribution in [1.82, 2.24) is 0 Å². The van der Waals surface area contributed by atoms with Crippen LogP contribution in [-0.4, -0.2) is 24.3 Å². The van der Waals surface area contributed by atoms with Crippen molar-refractivity contribution in [3.63, 3.8) is 0 Å². The van der Waals surface area contributed by atoms with Gasteiger partial charge in [0, 0.05) is 11.8 Å². The predicted molar refractivity (Wildman–Crippen MR) is 78.2 cm³/mol. The van der Waals surface area contributed by atoms with Crippen LogP contribution in [0.5, 0.6) is 11.5 Å². The molecule has 112 valence electrons. The zero-order chi connectivity index (χ0) is 15.5. The Morgan fingerprint density at radius 2 is 1.86 bits per heavy atom. The molecule has 3 rings (SSSR count). The lowest BCUT2D eigenvalue weighted by atomic mass is 10.1. The molecule has 0 atom stereocenters. The van der Waals surface area contributed by atoms with Gasteiger partial charge in [-0.25, -0.2) is 4.79 Å². The number of carbonyl (C=O) groups is 2. The van der Waals surface area contributed by atoms with E-state index >= 15 is 0 Å². The van der Waals surface area contributed by atoms with Crippen LogP contribution in [-0.2, 0) is 11.3 Å². The largest absolute Gasteiger partial charge is 0.478 e. The van der Waals surface area contributed by atoms with Crippen LogP contribution >= 0.6 is 0 Å². The molecule has 6 nitrogen and oxygen atoms in total. The molecule has 2 aromatic rings. The Morgan fingerprint density at radius 3 is 2.55 bits per heavy atom. The minimum Gasteiger partial charge on any atom is -0.478 e. The van der Waals surface area contributed by atoms with Crippen molar-refractivity contribution in [2.24, 2.45) is 0 Å². The van der Waals surface area contributed by atoms with Gasteiger partial charge in [0.25, 0.3) is 0 Å². The molecular formula is C16H13NO5. The van der Waals surface area contributed by atoms with E-state index < -0.39 is 5.97 Å². The van der Waals surface area contributed by atoms with Gasteiger partial charge in [0.1, 0.15) is 0 Å². The first-order chi connectivity index (χ1) is 10.7. The van der Waals surface area contributed by atoms with Crippen LogP contribution in [0.2, 0.25) is 0 Å². The van der Waals surface area contributed by atoms with Gasteiger partial charge in [0.15, 0.2) is 11.5 Å². The third kappa shape index (κ3) is 2.71. The zero-order valence-electron chi connectivity index (χ0n) is 11.6. The first-order valence-corrected chi connectivity index (χ1v) is 6.61. The molecular weight excluding hydrogens is 286 g/mol. The highest BCUT2D eigenvalue weighted by Gasteiger charge is 2.16. The molecule has 1 N–H and O–H groups in total. The lowest BCUT2D eigenvalue weighted by molar-refractivity contribution is -0.107. The van der Waals surface area contributed by atoms with Gasteiger partial charge in [-0.1, -0.05) is 12.1 Å². The lowest BCUT2D eigenvalue weighted by Crippen LogP contribution is -2.20. The number of carboxylic acids is 1. The number of hydrogen-bond acceptors (Lipinski definition) is 4. The minimum absolute atomic E-state index is 0.177. The van der Waals surface area contributed by atoms with Crippen molar-refractivity contribution in [3.8, 4) is 11.5 Å². The molecule has 1 heterocycles. The molecule has 6 heteroatoms. The fraction of sp³-hybridized carbons (Fsp3) is 0.125. The topological polar surface area (TPSA) is 76.1 Å². The number of benzene rings is 2. The number of aromatic carboxylic acids is 1. The summed E-state index contributed by atoms with van der Waals surface area (Å²) >= 11 is 0. The van der Waals surface area contributed by atoms with E-state index in [1.807, 2.05) is 0 Å². The Kier molecular flexibility index (Phi) is 3.65. The number of rotatable bonds is 5. The van der Waals surface area contributed by atoms with E-state index in [4.69, 9.17) is 14.6 Å². The molecule has 0 saturated carbocycles. The summed E-state index contributed by atoms with van der Waals surface area (Å²) in [5.41, 5.74) is 1.72. The standard InChI is InChI=1S/C16H13NO5/c18-9-17(8-11-1-3-12(4-2-11)16(19)20)13-5-6-14-15(7-13)22-10-21-14/h1-7,9H,8,10H2,(H,19,20). The van der Waals surface area contributed by atoms with Crippen molar-refractivity contribution in [1.29, 1.82) is 0 Å². The van der Waals surface area contributed by atoms with Crippen molar-refractivity contribution in [2.45, 2.75) is 6.54 Å². The van der Waals surface area contributed by atoms with E-state index in [0.717, 1.165) is 12.0 Å². The number of ether oxygens (including phenoxy) is 2. The molecule has 0 fully saturated rings. The SMILES string of the molecule is O=CN(Cc1ccc(C(=O)O)cc1)c1ccc2c(c1)OCO2. The molecule has 0 aliphatic carbocycles. The maximum atomic E-state index is 11.3.